The maximum absolute atomic E-state index is 12.4. The summed E-state index contributed by atoms with van der Waals surface area (Å²) < 4.78 is 47.9. The number of rotatable bonds is 3. The topological polar surface area (TPSA) is 0 Å². The van der Waals surface area contributed by atoms with Crippen molar-refractivity contribution in [3.05, 3.63) is 11.1 Å². The van der Waals surface area contributed by atoms with Crippen molar-refractivity contribution in [3.8, 4) is 0 Å². The largest absolute Gasteiger partial charge is 0.302 e. The van der Waals surface area contributed by atoms with Gasteiger partial charge in [-0.05, 0) is 14.7 Å². The minimum absolute atomic E-state index is 0.135. The number of hydrogen-bond acceptors (Lipinski definition) is 0. The second kappa shape index (κ2) is 4.27. The second-order valence-corrected chi connectivity index (χ2v) is 3.75. The molecule has 0 heterocycles. The van der Waals surface area contributed by atoms with Crippen LogP contribution in [0.4, 0.5) is 17.6 Å². The molecule has 0 saturated heterocycles. The Kier molecular flexibility index (Phi) is 4.34. The average Bonchev–Trinajstić information content (AvgIpc) is 1.86. The van der Waals surface area contributed by atoms with E-state index in [2.05, 4.69) is 11.6 Å². The van der Waals surface area contributed by atoms with Gasteiger partial charge in [0, 0.05) is 0 Å². The lowest BCUT2D eigenvalue weighted by Gasteiger charge is -2.12. The van der Waals surface area contributed by atoms with E-state index in [1.165, 1.54) is 6.92 Å². The van der Waals surface area contributed by atoms with Gasteiger partial charge in [0.05, 0.1) is 0 Å². The third-order valence-electron chi connectivity index (χ3n) is 0.840. The number of allylic oxidation sites excluding steroid dienone is 1. The van der Waals surface area contributed by atoms with E-state index in [1.807, 2.05) is 0 Å². The van der Waals surface area contributed by atoms with Crippen LogP contribution in [0.5, 0.6) is 0 Å². The molecule has 0 spiro atoms. The first-order valence-electron chi connectivity index (χ1n) is 2.76. The summed E-state index contributed by atoms with van der Waals surface area (Å²) in [5.74, 6) is 0. The van der Waals surface area contributed by atoms with Crippen molar-refractivity contribution in [1.29, 1.82) is 0 Å². The SMILES string of the molecule is CCPC(F)(F)C(Cl)=C(F)F. The van der Waals surface area contributed by atoms with Crippen LogP contribution in [0.25, 0.3) is 0 Å². The fourth-order valence-corrected chi connectivity index (χ4v) is 1.31. The molecule has 0 fully saturated rings. The lowest BCUT2D eigenvalue weighted by atomic mass is 10.6. The van der Waals surface area contributed by atoms with E-state index in [-0.39, 0.29) is 6.16 Å². The maximum atomic E-state index is 12.4. The first kappa shape index (κ1) is 11.2. The smallest absolute Gasteiger partial charge is 0.195 e. The Morgan fingerprint density at radius 3 is 2.18 bits per heavy atom. The third kappa shape index (κ3) is 3.39. The van der Waals surface area contributed by atoms with Gasteiger partial charge >= 0.3 is 5.66 Å². The highest BCUT2D eigenvalue weighted by Crippen LogP contribution is 2.44. The molecule has 0 saturated carbocycles. The Balaban J connectivity index is 4.42. The van der Waals surface area contributed by atoms with Crippen molar-refractivity contribution in [2.45, 2.75) is 12.6 Å². The predicted octanol–water partition coefficient (Wildman–Crippen LogP) is 3.62. The molecule has 0 bridgehead atoms. The Labute approximate surface area is 68.4 Å². The molecular weight excluding hydrogens is 202 g/mol. The molecule has 0 aromatic heterocycles. The van der Waals surface area contributed by atoms with Crippen LogP contribution in [0, 0.1) is 0 Å². The van der Waals surface area contributed by atoms with Gasteiger partial charge < -0.3 is 0 Å². The van der Waals surface area contributed by atoms with Crippen LogP contribution in [-0.4, -0.2) is 11.8 Å². The van der Waals surface area contributed by atoms with Crippen LogP contribution in [0.1, 0.15) is 6.92 Å². The summed E-state index contributed by atoms with van der Waals surface area (Å²) >= 11 is 4.67. The van der Waals surface area contributed by atoms with E-state index in [0.717, 1.165) is 0 Å². The van der Waals surface area contributed by atoms with Gasteiger partial charge in [0.2, 0.25) is 0 Å². The van der Waals surface area contributed by atoms with Gasteiger partial charge in [-0.2, -0.15) is 17.6 Å². The molecule has 1 unspecified atom stereocenters. The molecule has 1 atom stereocenters. The zero-order chi connectivity index (χ0) is 9.07. The van der Waals surface area contributed by atoms with E-state index < -0.39 is 25.4 Å². The molecule has 0 amide bonds. The van der Waals surface area contributed by atoms with Crippen LogP contribution < -0.4 is 0 Å². The normalized spacial score (nSPS) is 12.5. The first-order chi connectivity index (χ1) is 4.91. The van der Waals surface area contributed by atoms with Gasteiger partial charge in [-0.3, -0.25) is 0 Å². The molecular formula is C5H6ClF4P. The van der Waals surface area contributed by atoms with Crippen LogP contribution in [-0.2, 0) is 0 Å². The Bertz CT molecular complexity index is 164. The third-order valence-corrected chi connectivity index (χ3v) is 2.43. The molecule has 0 aromatic rings. The number of hydrogen-bond donors (Lipinski definition) is 0. The van der Waals surface area contributed by atoms with E-state index in [9.17, 15) is 17.6 Å². The van der Waals surface area contributed by atoms with E-state index in [0.29, 0.717) is 0 Å². The fourth-order valence-electron chi connectivity index (χ4n) is 0.418. The number of alkyl halides is 2. The summed E-state index contributed by atoms with van der Waals surface area (Å²) in [5, 5.41) is -1.63. The van der Waals surface area contributed by atoms with Gasteiger partial charge in [0.1, 0.15) is 0 Å². The molecule has 0 rings (SSSR count). The lowest BCUT2D eigenvalue weighted by Crippen LogP contribution is -2.09. The average molecular weight is 209 g/mol. The monoisotopic (exact) mass is 208 g/mol. The molecule has 0 aliphatic rings. The molecule has 0 aliphatic heterocycles. The van der Waals surface area contributed by atoms with Crippen molar-refractivity contribution in [2.75, 3.05) is 6.16 Å². The van der Waals surface area contributed by atoms with Crippen molar-refractivity contribution >= 4 is 20.2 Å². The van der Waals surface area contributed by atoms with Gasteiger partial charge in [0.15, 0.2) is 5.03 Å². The molecule has 0 N–H and O–H groups in total. The van der Waals surface area contributed by atoms with E-state index >= 15 is 0 Å². The van der Waals surface area contributed by atoms with Crippen molar-refractivity contribution < 1.29 is 17.6 Å². The molecule has 0 nitrogen and oxygen atoms in total. The summed E-state index contributed by atoms with van der Waals surface area (Å²) in [6.07, 6.45) is -2.37. The van der Waals surface area contributed by atoms with Crippen LogP contribution >= 0.6 is 20.2 Å². The highest BCUT2D eigenvalue weighted by molar-refractivity contribution is 7.39. The minimum atomic E-state index is -3.55. The standard InChI is InChI=1S/C5H6ClF4P/c1-2-11-5(9,10)3(6)4(7)8/h11H,2H2,1H3. The molecule has 0 radical (unpaired) electrons. The van der Waals surface area contributed by atoms with E-state index in [4.69, 9.17) is 0 Å². The van der Waals surface area contributed by atoms with Gasteiger partial charge in [-0.1, -0.05) is 18.5 Å². The summed E-state index contributed by atoms with van der Waals surface area (Å²) in [6.45, 7) is 1.48. The Hall–Kier alpha value is 0.180. The molecule has 0 aliphatic carbocycles. The van der Waals surface area contributed by atoms with Crippen molar-refractivity contribution in [2.24, 2.45) is 0 Å². The number of halogens is 5. The molecule has 6 heteroatoms. The van der Waals surface area contributed by atoms with Crippen LogP contribution in [0.2, 0.25) is 0 Å². The van der Waals surface area contributed by atoms with E-state index in [1.54, 1.807) is 0 Å². The fraction of sp³-hybridized carbons (Fsp3) is 0.600. The highest BCUT2D eigenvalue weighted by Gasteiger charge is 2.35. The van der Waals surface area contributed by atoms with Gasteiger partial charge in [0.25, 0.3) is 6.08 Å². The lowest BCUT2D eigenvalue weighted by molar-refractivity contribution is 0.145. The van der Waals surface area contributed by atoms with Crippen LogP contribution in [0.3, 0.4) is 0 Å². The predicted molar refractivity (Wildman–Crippen MR) is 38.9 cm³/mol. The minimum Gasteiger partial charge on any atom is -0.195 e. The van der Waals surface area contributed by atoms with Gasteiger partial charge in [-0.25, -0.2) is 0 Å². The Morgan fingerprint density at radius 2 is 1.91 bits per heavy atom. The zero-order valence-corrected chi connectivity index (χ0v) is 7.35. The maximum Gasteiger partial charge on any atom is 0.302 e. The van der Waals surface area contributed by atoms with Crippen molar-refractivity contribution in [1.82, 2.24) is 0 Å². The van der Waals surface area contributed by atoms with Crippen molar-refractivity contribution in [3.63, 3.8) is 0 Å². The highest BCUT2D eigenvalue weighted by atomic mass is 35.5. The Morgan fingerprint density at radius 1 is 1.45 bits per heavy atom. The van der Waals surface area contributed by atoms with Gasteiger partial charge in [-0.15, -0.1) is 0 Å². The summed E-state index contributed by atoms with van der Waals surface area (Å²) in [4.78, 5) is 0. The van der Waals surface area contributed by atoms with Crippen LogP contribution in [0.15, 0.2) is 11.1 Å². The molecule has 11 heavy (non-hydrogen) atoms. The quantitative estimate of drug-likeness (QED) is 0.491. The summed E-state index contributed by atoms with van der Waals surface area (Å²) in [5.41, 5.74) is -3.55. The molecule has 66 valence electrons. The summed E-state index contributed by atoms with van der Waals surface area (Å²) in [6, 6.07) is 0. The summed E-state index contributed by atoms with van der Waals surface area (Å²) in [7, 11) is -0.888. The first-order valence-corrected chi connectivity index (χ1v) is 4.34. The second-order valence-electron chi connectivity index (χ2n) is 1.68. The zero-order valence-electron chi connectivity index (χ0n) is 5.60. The molecule has 0 aromatic carbocycles.